The zero-order valence-corrected chi connectivity index (χ0v) is 11.2. The normalized spacial score (nSPS) is 33.9. The summed E-state index contributed by atoms with van der Waals surface area (Å²) in [6.45, 7) is 8.29. The van der Waals surface area contributed by atoms with Gasteiger partial charge in [-0.25, -0.2) is 0 Å². The summed E-state index contributed by atoms with van der Waals surface area (Å²) >= 11 is 0. The molecule has 0 heterocycles. The van der Waals surface area contributed by atoms with Crippen LogP contribution >= 0.6 is 0 Å². The fraction of sp³-hybridized carbons (Fsp3) is 0.733. The lowest BCUT2D eigenvalue weighted by Gasteiger charge is -2.27. The summed E-state index contributed by atoms with van der Waals surface area (Å²) in [5.74, 6) is 0.892. The minimum Gasteiger partial charge on any atom is -0.390 e. The molecule has 0 amide bonds. The van der Waals surface area contributed by atoms with Crippen LogP contribution < -0.4 is 0 Å². The van der Waals surface area contributed by atoms with Crippen molar-refractivity contribution < 1.29 is 5.11 Å². The molecule has 0 aromatic heterocycles. The standard InChI is InChI=1S/C15H26O/c1-12-6-5-7-13(2)9-11-14(10-8-12)15(3,4)16/h6,9,11,13-14,16H,5,7-8,10H2,1-4H3/b11-9+,12-6+/t13-,14+/m1/s1. The molecule has 0 radical (unpaired) electrons. The van der Waals surface area contributed by atoms with Crippen LogP contribution in [0.5, 0.6) is 0 Å². The Balaban J connectivity index is 2.76. The first-order valence-corrected chi connectivity index (χ1v) is 6.46. The number of hydrogen-bond donors (Lipinski definition) is 1. The maximum Gasteiger partial charge on any atom is 0.0654 e. The maximum atomic E-state index is 10.1. The zero-order valence-electron chi connectivity index (χ0n) is 11.2. The second-order valence-electron chi connectivity index (χ2n) is 5.79. The Labute approximate surface area is 100 Å². The van der Waals surface area contributed by atoms with Crippen LogP contribution in [0.3, 0.4) is 0 Å². The summed E-state index contributed by atoms with van der Waals surface area (Å²) in [5.41, 5.74) is 0.868. The van der Waals surface area contributed by atoms with Crippen molar-refractivity contribution in [2.75, 3.05) is 0 Å². The fourth-order valence-corrected chi connectivity index (χ4v) is 2.18. The van der Waals surface area contributed by atoms with Crippen molar-refractivity contribution in [2.24, 2.45) is 11.8 Å². The molecule has 0 aromatic carbocycles. The molecule has 0 spiro atoms. The van der Waals surface area contributed by atoms with E-state index in [1.165, 1.54) is 18.4 Å². The van der Waals surface area contributed by atoms with Gasteiger partial charge in [0.05, 0.1) is 5.60 Å². The number of rotatable bonds is 1. The van der Waals surface area contributed by atoms with E-state index in [0.717, 1.165) is 12.8 Å². The summed E-state index contributed by atoms with van der Waals surface area (Å²) in [5, 5.41) is 10.1. The van der Waals surface area contributed by atoms with Crippen LogP contribution in [-0.4, -0.2) is 10.7 Å². The first-order chi connectivity index (χ1) is 7.39. The lowest BCUT2D eigenvalue weighted by Crippen LogP contribution is -2.29. The molecule has 0 saturated heterocycles. The van der Waals surface area contributed by atoms with Crippen LogP contribution in [0, 0.1) is 11.8 Å². The van der Waals surface area contributed by atoms with E-state index in [-0.39, 0.29) is 5.92 Å². The molecule has 0 unspecified atom stereocenters. The smallest absolute Gasteiger partial charge is 0.0654 e. The first kappa shape index (κ1) is 13.5. The Morgan fingerprint density at radius 1 is 1.25 bits per heavy atom. The van der Waals surface area contributed by atoms with Crippen LogP contribution in [0.2, 0.25) is 0 Å². The van der Waals surface area contributed by atoms with Crippen LogP contribution in [-0.2, 0) is 0 Å². The largest absolute Gasteiger partial charge is 0.390 e. The van der Waals surface area contributed by atoms with Crippen molar-refractivity contribution in [2.45, 2.75) is 59.0 Å². The minimum absolute atomic E-state index is 0.274. The minimum atomic E-state index is -0.601. The second kappa shape index (κ2) is 5.67. The van der Waals surface area contributed by atoms with Gasteiger partial charge in [-0.05, 0) is 52.4 Å². The summed E-state index contributed by atoms with van der Waals surface area (Å²) in [7, 11) is 0. The van der Waals surface area contributed by atoms with Gasteiger partial charge >= 0.3 is 0 Å². The molecule has 1 N–H and O–H groups in total. The van der Waals surface area contributed by atoms with Crippen molar-refractivity contribution in [1.29, 1.82) is 0 Å². The van der Waals surface area contributed by atoms with Crippen molar-refractivity contribution in [1.82, 2.24) is 0 Å². The van der Waals surface area contributed by atoms with E-state index in [1.54, 1.807) is 0 Å². The van der Waals surface area contributed by atoms with Crippen LogP contribution in [0.25, 0.3) is 0 Å². The molecule has 1 rings (SSSR count). The highest BCUT2D eigenvalue weighted by Crippen LogP contribution is 2.27. The Kier molecular flexibility index (Phi) is 4.79. The zero-order chi connectivity index (χ0) is 12.2. The Bertz CT molecular complexity index is 268. The second-order valence-corrected chi connectivity index (χ2v) is 5.79. The van der Waals surface area contributed by atoms with Gasteiger partial charge in [0.2, 0.25) is 0 Å². The predicted octanol–water partition coefficient (Wildman–Crippen LogP) is 4.09. The van der Waals surface area contributed by atoms with Gasteiger partial charge in [-0.3, -0.25) is 0 Å². The molecule has 1 heteroatoms. The van der Waals surface area contributed by atoms with Gasteiger partial charge in [-0.15, -0.1) is 0 Å². The third kappa shape index (κ3) is 4.52. The molecule has 16 heavy (non-hydrogen) atoms. The van der Waals surface area contributed by atoms with E-state index in [1.807, 2.05) is 13.8 Å². The number of allylic oxidation sites excluding steroid dienone is 3. The average molecular weight is 222 g/mol. The molecular formula is C15H26O. The first-order valence-electron chi connectivity index (χ1n) is 6.46. The molecule has 0 bridgehead atoms. The van der Waals surface area contributed by atoms with Gasteiger partial charge in [-0.2, -0.15) is 0 Å². The molecule has 92 valence electrons. The van der Waals surface area contributed by atoms with Gasteiger partial charge in [0, 0.05) is 5.92 Å². The van der Waals surface area contributed by atoms with Gasteiger partial charge < -0.3 is 5.11 Å². The molecule has 0 aliphatic heterocycles. The van der Waals surface area contributed by atoms with Crippen LogP contribution in [0.15, 0.2) is 23.8 Å². The quantitative estimate of drug-likeness (QED) is 0.663. The van der Waals surface area contributed by atoms with Crippen molar-refractivity contribution in [3.05, 3.63) is 23.8 Å². The average Bonchev–Trinajstić information content (AvgIpc) is 2.15. The summed E-state index contributed by atoms with van der Waals surface area (Å²) in [6.07, 6.45) is 11.4. The molecular weight excluding hydrogens is 196 g/mol. The lowest BCUT2D eigenvalue weighted by molar-refractivity contribution is 0.0336. The monoisotopic (exact) mass is 222 g/mol. The third-order valence-corrected chi connectivity index (χ3v) is 3.54. The Morgan fingerprint density at radius 2 is 1.94 bits per heavy atom. The van der Waals surface area contributed by atoms with Crippen LogP contribution in [0.1, 0.15) is 53.4 Å². The number of hydrogen-bond acceptors (Lipinski definition) is 1. The summed E-state index contributed by atoms with van der Waals surface area (Å²) in [4.78, 5) is 0. The molecule has 1 aliphatic carbocycles. The highest BCUT2D eigenvalue weighted by Gasteiger charge is 2.24. The predicted molar refractivity (Wildman–Crippen MR) is 70.3 cm³/mol. The summed E-state index contributed by atoms with van der Waals surface area (Å²) < 4.78 is 0. The van der Waals surface area contributed by atoms with E-state index >= 15 is 0 Å². The Morgan fingerprint density at radius 3 is 2.56 bits per heavy atom. The van der Waals surface area contributed by atoms with Gasteiger partial charge in [0.15, 0.2) is 0 Å². The van der Waals surface area contributed by atoms with Gasteiger partial charge in [-0.1, -0.05) is 30.7 Å². The highest BCUT2D eigenvalue weighted by atomic mass is 16.3. The van der Waals surface area contributed by atoms with E-state index < -0.39 is 5.60 Å². The topological polar surface area (TPSA) is 20.2 Å². The highest BCUT2D eigenvalue weighted by molar-refractivity contribution is 5.05. The van der Waals surface area contributed by atoms with Crippen molar-refractivity contribution in [3.8, 4) is 0 Å². The molecule has 1 aliphatic rings. The maximum absolute atomic E-state index is 10.1. The molecule has 0 fully saturated rings. The fourth-order valence-electron chi connectivity index (χ4n) is 2.18. The molecule has 0 saturated carbocycles. The molecule has 1 nitrogen and oxygen atoms in total. The van der Waals surface area contributed by atoms with E-state index in [2.05, 4.69) is 32.1 Å². The molecule has 0 aromatic rings. The van der Waals surface area contributed by atoms with Crippen molar-refractivity contribution >= 4 is 0 Å². The van der Waals surface area contributed by atoms with Crippen molar-refractivity contribution in [3.63, 3.8) is 0 Å². The van der Waals surface area contributed by atoms with E-state index in [0.29, 0.717) is 5.92 Å². The third-order valence-electron chi connectivity index (χ3n) is 3.54. The summed E-state index contributed by atoms with van der Waals surface area (Å²) in [6, 6.07) is 0. The number of aliphatic hydroxyl groups is 1. The Hall–Kier alpha value is -0.560. The SMILES string of the molecule is C/C1=C\CC[C@@H](C)/C=C/[C@@H](C(C)(C)O)CC1. The van der Waals surface area contributed by atoms with E-state index in [9.17, 15) is 5.11 Å². The van der Waals surface area contributed by atoms with Gasteiger partial charge in [0.25, 0.3) is 0 Å². The van der Waals surface area contributed by atoms with Crippen LogP contribution in [0.4, 0.5) is 0 Å². The lowest BCUT2D eigenvalue weighted by atomic mass is 9.84. The van der Waals surface area contributed by atoms with Gasteiger partial charge in [0.1, 0.15) is 0 Å². The molecule has 2 atom stereocenters. The van der Waals surface area contributed by atoms with E-state index in [4.69, 9.17) is 0 Å².